The van der Waals surface area contributed by atoms with Crippen molar-refractivity contribution >= 4 is 10.2 Å². The first-order valence-corrected chi connectivity index (χ1v) is 12.6. The van der Waals surface area contributed by atoms with E-state index in [9.17, 15) is 0 Å². The van der Waals surface area contributed by atoms with E-state index in [1.54, 1.807) is 31.2 Å². The van der Waals surface area contributed by atoms with Gasteiger partial charge in [0.1, 0.15) is 0 Å². The smallest absolute Gasteiger partial charge is 0.0225 e. The fourth-order valence-electron chi connectivity index (χ4n) is 6.71. The van der Waals surface area contributed by atoms with Crippen LogP contribution in [-0.2, 0) is 0 Å². The standard InChI is InChI=1S/C26H39Si/c1-19-2-6-21(7-3-19)23-10-14-25(15-11-23)26-16-12-24(13-17-26)22-8-4-20(18-27)5-9-22/h2-3,6-7,20,22-26H,4-5,8-18H2,1H3. The normalized spacial score (nSPS) is 37.9. The van der Waals surface area contributed by atoms with Crippen LogP contribution in [0, 0.1) is 36.5 Å². The van der Waals surface area contributed by atoms with E-state index in [-0.39, 0.29) is 0 Å². The molecule has 0 nitrogen and oxygen atoms in total. The van der Waals surface area contributed by atoms with Crippen molar-refractivity contribution in [3.8, 4) is 0 Å². The van der Waals surface area contributed by atoms with Gasteiger partial charge >= 0.3 is 0 Å². The molecule has 1 aromatic rings. The average molecular weight is 380 g/mol. The van der Waals surface area contributed by atoms with Crippen molar-refractivity contribution in [2.24, 2.45) is 29.6 Å². The van der Waals surface area contributed by atoms with E-state index in [2.05, 4.69) is 41.4 Å². The molecule has 147 valence electrons. The minimum absolute atomic E-state index is 0.836. The first kappa shape index (κ1) is 19.7. The highest BCUT2D eigenvalue weighted by Crippen LogP contribution is 2.47. The molecular weight excluding hydrogens is 340 g/mol. The molecule has 1 heteroatoms. The Balaban J connectivity index is 1.21. The quantitative estimate of drug-likeness (QED) is 0.476. The summed E-state index contributed by atoms with van der Waals surface area (Å²) in [6.07, 6.45) is 18.0. The Morgan fingerprint density at radius 3 is 1.48 bits per heavy atom. The molecule has 0 saturated heterocycles. The molecule has 27 heavy (non-hydrogen) atoms. The first-order valence-electron chi connectivity index (χ1n) is 11.9. The number of hydrogen-bond acceptors (Lipinski definition) is 0. The van der Waals surface area contributed by atoms with Crippen LogP contribution in [0.25, 0.3) is 0 Å². The van der Waals surface area contributed by atoms with E-state index in [4.69, 9.17) is 0 Å². The summed E-state index contributed by atoms with van der Waals surface area (Å²) in [5, 5.41) is 0. The molecule has 3 fully saturated rings. The van der Waals surface area contributed by atoms with Gasteiger partial charge in [0.05, 0.1) is 0 Å². The zero-order valence-corrected chi connectivity index (χ0v) is 18.5. The Hall–Kier alpha value is -0.563. The Morgan fingerprint density at radius 2 is 1.04 bits per heavy atom. The van der Waals surface area contributed by atoms with Crippen LogP contribution in [0.5, 0.6) is 0 Å². The zero-order chi connectivity index (χ0) is 18.6. The van der Waals surface area contributed by atoms with Gasteiger partial charge in [0.2, 0.25) is 0 Å². The average Bonchev–Trinajstić information content (AvgIpc) is 2.75. The summed E-state index contributed by atoms with van der Waals surface area (Å²) < 4.78 is 0. The lowest BCUT2D eigenvalue weighted by molar-refractivity contribution is 0.112. The molecule has 4 rings (SSSR count). The summed E-state index contributed by atoms with van der Waals surface area (Å²) in [6.45, 7) is 2.20. The third-order valence-electron chi connectivity index (χ3n) is 8.65. The molecule has 0 bridgehead atoms. The van der Waals surface area contributed by atoms with E-state index in [1.807, 2.05) is 0 Å². The summed E-state index contributed by atoms with van der Waals surface area (Å²) >= 11 is 0. The maximum absolute atomic E-state index is 3.75. The molecular formula is C26H39Si. The summed E-state index contributed by atoms with van der Waals surface area (Å²) in [5.41, 5.74) is 2.99. The highest BCUT2D eigenvalue weighted by atomic mass is 28.1. The molecule has 0 aliphatic heterocycles. The third kappa shape index (κ3) is 4.89. The van der Waals surface area contributed by atoms with Crippen molar-refractivity contribution in [2.45, 2.75) is 95.9 Å². The lowest BCUT2D eigenvalue weighted by Gasteiger charge is -2.41. The Morgan fingerprint density at radius 1 is 0.630 bits per heavy atom. The van der Waals surface area contributed by atoms with Gasteiger partial charge in [-0.15, -0.1) is 0 Å². The summed E-state index contributed by atoms with van der Waals surface area (Å²) in [5.74, 6) is 6.04. The molecule has 3 saturated carbocycles. The van der Waals surface area contributed by atoms with Crippen molar-refractivity contribution in [3.05, 3.63) is 35.4 Å². The van der Waals surface area contributed by atoms with Crippen LogP contribution in [0.1, 0.15) is 94.1 Å². The monoisotopic (exact) mass is 379 g/mol. The molecule has 0 aromatic heterocycles. The van der Waals surface area contributed by atoms with Crippen molar-refractivity contribution in [3.63, 3.8) is 0 Å². The molecule has 0 amide bonds. The third-order valence-corrected chi connectivity index (χ3v) is 9.23. The van der Waals surface area contributed by atoms with Gasteiger partial charge in [-0.1, -0.05) is 48.7 Å². The minimum Gasteiger partial charge on any atom is -0.0609 e. The number of hydrogen-bond donors (Lipinski definition) is 0. The topological polar surface area (TPSA) is 0 Å². The number of aryl methyl sites for hydroxylation is 1. The second-order valence-electron chi connectivity index (χ2n) is 10.2. The van der Waals surface area contributed by atoms with Crippen LogP contribution in [0.15, 0.2) is 24.3 Å². The van der Waals surface area contributed by atoms with E-state index in [0.29, 0.717) is 0 Å². The van der Waals surface area contributed by atoms with Crippen molar-refractivity contribution < 1.29 is 0 Å². The van der Waals surface area contributed by atoms with Gasteiger partial charge in [-0.25, -0.2) is 0 Å². The van der Waals surface area contributed by atoms with E-state index in [0.717, 1.165) is 35.5 Å². The predicted octanol–water partition coefficient (Wildman–Crippen LogP) is 7.47. The minimum atomic E-state index is 0.836. The van der Waals surface area contributed by atoms with Gasteiger partial charge in [-0.3, -0.25) is 0 Å². The van der Waals surface area contributed by atoms with Crippen LogP contribution in [-0.4, -0.2) is 10.2 Å². The predicted molar refractivity (Wildman–Crippen MR) is 117 cm³/mol. The molecule has 0 unspecified atom stereocenters. The van der Waals surface area contributed by atoms with Gasteiger partial charge in [-0.05, 0) is 112 Å². The maximum atomic E-state index is 3.75. The second-order valence-corrected chi connectivity index (χ2v) is 10.6. The van der Waals surface area contributed by atoms with Crippen molar-refractivity contribution in [1.29, 1.82) is 0 Å². The van der Waals surface area contributed by atoms with Gasteiger partial charge in [0, 0.05) is 10.2 Å². The zero-order valence-electron chi connectivity index (χ0n) is 17.5. The Kier molecular flexibility index (Phi) is 6.79. The fraction of sp³-hybridized carbons (Fsp3) is 0.769. The number of rotatable bonds is 4. The van der Waals surface area contributed by atoms with Crippen molar-refractivity contribution in [2.75, 3.05) is 0 Å². The van der Waals surface area contributed by atoms with E-state index < -0.39 is 0 Å². The highest BCUT2D eigenvalue weighted by Gasteiger charge is 2.34. The molecule has 3 aliphatic rings. The molecule has 0 spiro atoms. The van der Waals surface area contributed by atoms with E-state index >= 15 is 0 Å². The molecule has 0 atom stereocenters. The fourth-order valence-corrected chi connectivity index (χ4v) is 7.12. The molecule has 0 heterocycles. The van der Waals surface area contributed by atoms with Crippen LogP contribution in [0.4, 0.5) is 0 Å². The van der Waals surface area contributed by atoms with Gasteiger partial charge in [0.25, 0.3) is 0 Å². The van der Waals surface area contributed by atoms with E-state index in [1.165, 1.54) is 63.0 Å². The Bertz CT molecular complexity index is 552. The number of benzene rings is 1. The Labute approximate surface area is 171 Å². The highest BCUT2D eigenvalue weighted by molar-refractivity contribution is 6.08. The summed E-state index contributed by atoms with van der Waals surface area (Å²) in [7, 11) is 3.75. The molecule has 3 radical (unpaired) electrons. The lowest BCUT2D eigenvalue weighted by Crippen LogP contribution is -2.29. The lowest BCUT2D eigenvalue weighted by atomic mass is 9.65. The summed E-state index contributed by atoms with van der Waals surface area (Å²) in [6, 6.07) is 10.6. The first-order chi connectivity index (χ1) is 13.2. The van der Waals surface area contributed by atoms with Crippen LogP contribution >= 0.6 is 0 Å². The van der Waals surface area contributed by atoms with Gasteiger partial charge in [-0.2, -0.15) is 0 Å². The van der Waals surface area contributed by atoms with Crippen LogP contribution in [0.3, 0.4) is 0 Å². The van der Waals surface area contributed by atoms with Crippen LogP contribution in [0.2, 0.25) is 6.04 Å². The van der Waals surface area contributed by atoms with Crippen LogP contribution < -0.4 is 0 Å². The summed E-state index contributed by atoms with van der Waals surface area (Å²) in [4.78, 5) is 0. The van der Waals surface area contributed by atoms with Crippen molar-refractivity contribution in [1.82, 2.24) is 0 Å². The SMILES string of the molecule is Cc1ccc(C2CCC(C3CCC(C4CCC(C[Si])CC4)CC3)CC2)cc1. The van der Waals surface area contributed by atoms with Gasteiger partial charge in [0.15, 0.2) is 0 Å². The van der Waals surface area contributed by atoms with Gasteiger partial charge < -0.3 is 0 Å². The maximum Gasteiger partial charge on any atom is 0.0225 e. The molecule has 1 aromatic carbocycles. The molecule has 0 N–H and O–H groups in total. The molecule has 3 aliphatic carbocycles. The second kappa shape index (κ2) is 9.29. The largest absolute Gasteiger partial charge is 0.0609 e.